The molecule has 0 aliphatic carbocycles. The van der Waals surface area contributed by atoms with E-state index in [0.29, 0.717) is 37.0 Å². The van der Waals surface area contributed by atoms with E-state index in [4.69, 9.17) is 5.73 Å². The second-order valence-corrected chi connectivity index (χ2v) is 10.4. The Morgan fingerprint density at radius 1 is 1.14 bits per heavy atom. The molecule has 0 bridgehead atoms. The van der Waals surface area contributed by atoms with Crippen LogP contribution in [0.4, 0.5) is 10.5 Å². The van der Waals surface area contributed by atoms with Crippen LogP contribution >= 0.6 is 0 Å². The van der Waals surface area contributed by atoms with Gasteiger partial charge in [0.25, 0.3) is 0 Å². The topological polar surface area (TPSA) is 122 Å². The Balaban J connectivity index is 2.10. The summed E-state index contributed by atoms with van der Waals surface area (Å²) in [5.74, 6) is 0.427. The van der Waals surface area contributed by atoms with Gasteiger partial charge in [0.2, 0.25) is 15.9 Å². The SMILES string of the molecule is CC(C)C[C@@H](NC(N)=O)C(=O)Nc1ccc(S(=O)(=O)N2C[C@H](C)C[C@@H](C)C2)cc1. The van der Waals surface area contributed by atoms with Gasteiger partial charge in [-0.15, -0.1) is 0 Å². The van der Waals surface area contributed by atoms with Crippen LogP contribution in [0.1, 0.15) is 40.5 Å². The maximum absolute atomic E-state index is 12.9. The van der Waals surface area contributed by atoms with E-state index in [2.05, 4.69) is 24.5 Å². The molecule has 0 radical (unpaired) electrons. The van der Waals surface area contributed by atoms with Gasteiger partial charge in [-0.1, -0.05) is 27.7 Å². The van der Waals surface area contributed by atoms with Crippen LogP contribution in [0.2, 0.25) is 0 Å². The van der Waals surface area contributed by atoms with E-state index in [0.717, 1.165) is 6.42 Å². The summed E-state index contributed by atoms with van der Waals surface area (Å²) in [7, 11) is -3.57. The van der Waals surface area contributed by atoms with Gasteiger partial charge in [-0.2, -0.15) is 4.31 Å². The van der Waals surface area contributed by atoms with Crippen LogP contribution in [0, 0.1) is 17.8 Å². The molecule has 162 valence electrons. The molecule has 3 amide bonds. The zero-order valence-electron chi connectivity index (χ0n) is 17.5. The first kappa shape index (κ1) is 23.2. The Morgan fingerprint density at radius 3 is 2.17 bits per heavy atom. The lowest BCUT2D eigenvalue weighted by Crippen LogP contribution is -2.46. The third kappa shape index (κ3) is 6.43. The van der Waals surface area contributed by atoms with Crippen molar-refractivity contribution in [1.29, 1.82) is 0 Å². The Kier molecular flexibility index (Phi) is 7.65. The summed E-state index contributed by atoms with van der Waals surface area (Å²) in [6, 6.07) is 4.57. The maximum Gasteiger partial charge on any atom is 0.312 e. The average molecular weight is 425 g/mol. The number of carbonyl (C=O) groups excluding carboxylic acids is 2. The highest BCUT2D eigenvalue weighted by atomic mass is 32.2. The molecule has 1 heterocycles. The molecule has 0 aromatic heterocycles. The minimum atomic E-state index is -3.57. The standard InChI is InChI=1S/C20H32N4O4S/c1-13(2)9-18(23-20(21)26)19(25)22-16-5-7-17(8-6-16)29(27,28)24-11-14(3)10-15(4)12-24/h5-8,13-15,18H,9-12H2,1-4H3,(H,22,25)(H3,21,23,26)/t14-,15-,18-/m1/s1. The van der Waals surface area contributed by atoms with Crippen molar-refractivity contribution in [3.8, 4) is 0 Å². The highest BCUT2D eigenvalue weighted by Crippen LogP contribution is 2.27. The second-order valence-electron chi connectivity index (χ2n) is 8.47. The number of nitrogens with two attached hydrogens (primary N) is 1. The fourth-order valence-electron chi connectivity index (χ4n) is 3.77. The second kappa shape index (κ2) is 9.58. The fourth-order valence-corrected chi connectivity index (χ4v) is 5.44. The van der Waals surface area contributed by atoms with Gasteiger partial charge in [0.05, 0.1) is 4.90 Å². The van der Waals surface area contributed by atoms with E-state index in [1.54, 1.807) is 12.1 Å². The highest BCUT2D eigenvalue weighted by molar-refractivity contribution is 7.89. The number of nitrogens with zero attached hydrogens (tertiary/aromatic N) is 1. The summed E-state index contributed by atoms with van der Waals surface area (Å²) < 4.78 is 27.4. The number of sulfonamides is 1. The molecule has 1 aliphatic heterocycles. The number of amides is 3. The number of nitrogens with one attached hydrogen (secondary N) is 2. The molecule has 1 aromatic rings. The highest BCUT2D eigenvalue weighted by Gasteiger charge is 2.31. The molecular weight excluding hydrogens is 392 g/mol. The normalized spacial score (nSPS) is 21.6. The predicted molar refractivity (Wildman–Crippen MR) is 113 cm³/mol. The van der Waals surface area contributed by atoms with Gasteiger partial charge in [0.15, 0.2) is 0 Å². The summed E-state index contributed by atoms with van der Waals surface area (Å²) in [5.41, 5.74) is 5.61. The van der Waals surface area contributed by atoms with Crippen molar-refractivity contribution in [1.82, 2.24) is 9.62 Å². The Bertz CT molecular complexity index is 813. The smallest absolute Gasteiger partial charge is 0.312 e. The van der Waals surface area contributed by atoms with Crippen molar-refractivity contribution in [3.63, 3.8) is 0 Å². The summed E-state index contributed by atoms with van der Waals surface area (Å²) >= 11 is 0. The number of hydrogen-bond donors (Lipinski definition) is 3. The molecule has 9 heteroatoms. The zero-order valence-corrected chi connectivity index (χ0v) is 18.3. The number of primary amides is 1. The lowest BCUT2D eigenvalue weighted by Gasteiger charge is -2.34. The van der Waals surface area contributed by atoms with Gasteiger partial charge < -0.3 is 16.4 Å². The molecule has 1 aliphatic rings. The molecule has 3 atom stereocenters. The zero-order chi connectivity index (χ0) is 21.8. The molecule has 1 saturated heterocycles. The maximum atomic E-state index is 12.9. The van der Waals surface area contributed by atoms with Crippen LogP contribution in [0.15, 0.2) is 29.2 Å². The molecule has 8 nitrogen and oxygen atoms in total. The van der Waals surface area contributed by atoms with Gasteiger partial charge in [-0.3, -0.25) is 4.79 Å². The minimum absolute atomic E-state index is 0.180. The monoisotopic (exact) mass is 424 g/mol. The Hall–Kier alpha value is -2.13. The molecule has 0 spiro atoms. The Labute approximate surface area is 173 Å². The molecule has 0 saturated carbocycles. The van der Waals surface area contributed by atoms with Crippen molar-refractivity contribution in [2.75, 3.05) is 18.4 Å². The van der Waals surface area contributed by atoms with Gasteiger partial charge in [-0.25, -0.2) is 13.2 Å². The lowest BCUT2D eigenvalue weighted by molar-refractivity contribution is -0.118. The van der Waals surface area contributed by atoms with Crippen molar-refractivity contribution >= 4 is 27.6 Å². The summed E-state index contributed by atoms with van der Waals surface area (Å²) in [4.78, 5) is 23.8. The molecule has 0 unspecified atom stereocenters. The van der Waals surface area contributed by atoms with Crippen molar-refractivity contribution in [2.45, 2.75) is 51.5 Å². The largest absolute Gasteiger partial charge is 0.352 e. The lowest BCUT2D eigenvalue weighted by atomic mass is 9.94. The molecule has 4 N–H and O–H groups in total. The van der Waals surface area contributed by atoms with Crippen molar-refractivity contribution in [2.24, 2.45) is 23.5 Å². The van der Waals surface area contributed by atoms with Gasteiger partial charge >= 0.3 is 6.03 Å². The number of carbonyl (C=O) groups is 2. The molecular formula is C20H32N4O4S. The van der Waals surface area contributed by atoms with E-state index in [1.165, 1.54) is 16.4 Å². The van der Waals surface area contributed by atoms with E-state index >= 15 is 0 Å². The minimum Gasteiger partial charge on any atom is -0.352 e. The predicted octanol–water partition coefficient (Wildman–Crippen LogP) is 2.37. The molecule has 2 rings (SSSR count). The van der Waals surface area contributed by atoms with Crippen LogP contribution in [0.25, 0.3) is 0 Å². The molecule has 29 heavy (non-hydrogen) atoms. The molecule has 1 fully saturated rings. The van der Waals surface area contributed by atoms with Gasteiger partial charge in [0, 0.05) is 18.8 Å². The third-order valence-corrected chi connectivity index (χ3v) is 6.78. The van der Waals surface area contributed by atoms with Crippen LogP contribution in [0.3, 0.4) is 0 Å². The number of benzene rings is 1. The fraction of sp³-hybridized carbons (Fsp3) is 0.600. The van der Waals surface area contributed by atoms with E-state index in [-0.39, 0.29) is 10.8 Å². The van der Waals surface area contributed by atoms with Crippen molar-refractivity contribution in [3.05, 3.63) is 24.3 Å². The average Bonchev–Trinajstić information content (AvgIpc) is 2.60. The van der Waals surface area contributed by atoms with Crippen LogP contribution in [-0.4, -0.2) is 43.8 Å². The number of urea groups is 1. The van der Waals surface area contributed by atoms with Crippen LogP contribution < -0.4 is 16.4 Å². The third-order valence-electron chi connectivity index (χ3n) is 4.94. The first-order valence-corrected chi connectivity index (χ1v) is 11.4. The van der Waals surface area contributed by atoms with Crippen LogP contribution in [-0.2, 0) is 14.8 Å². The first-order chi connectivity index (χ1) is 13.5. The number of rotatable bonds is 7. The quantitative estimate of drug-likeness (QED) is 0.622. The first-order valence-electron chi connectivity index (χ1n) is 9.96. The molecule has 1 aromatic carbocycles. The number of hydrogen-bond acceptors (Lipinski definition) is 4. The Morgan fingerprint density at radius 2 is 1.69 bits per heavy atom. The summed E-state index contributed by atoms with van der Waals surface area (Å²) in [6.45, 7) is 9.02. The van der Waals surface area contributed by atoms with E-state index in [1.807, 2.05) is 13.8 Å². The van der Waals surface area contributed by atoms with Crippen LogP contribution in [0.5, 0.6) is 0 Å². The van der Waals surface area contributed by atoms with Gasteiger partial charge in [-0.05, 0) is 54.9 Å². The summed E-state index contributed by atoms with van der Waals surface area (Å²) in [6.07, 6.45) is 1.46. The van der Waals surface area contributed by atoms with Crippen molar-refractivity contribution < 1.29 is 18.0 Å². The van der Waals surface area contributed by atoms with E-state index in [9.17, 15) is 18.0 Å². The number of anilines is 1. The summed E-state index contributed by atoms with van der Waals surface area (Å²) in [5, 5.41) is 5.15. The van der Waals surface area contributed by atoms with Gasteiger partial charge in [0.1, 0.15) is 6.04 Å². The number of piperidine rings is 1. The van der Waals surface area contributed by atoms with E-state index < -0.39 is 28.0 Å².